The first-order chi connectivity index (χ1) is 12.7. The fourth-order valence-electron chi connectivity index (χ4n) is 2.36. The van der Waals surface area contributed by atoms with Gasteiger partial charge in [0.2, 0.25) is 0 Å². The maximum Gasteiger partial charge on any atom is 0.255 e. The van der Waals surface area contributed by atoms with Crippen LogP contribution in [-0.4, -0.2) is 32.5 Å². The number of rotatable bonds is 7. The molecule has 2 aromatic carbocycles. The highest BCUT2D eigenvalue weighted by Gasteiger charge is 2.16. The maximum atomic E-state index is 12.5. The van der Waals surface area contributed by atoms with Gasteiger partial charge in [0.15, 0.2) is 9.84 Å². The molecule has 2 amide bonds. The molecular weight excluding hydrogens is 364 g/mol. The lowest BCUT2D eigenvalue weighted by atomic mass is 10.1. The van der Waals surface area contributed by atoms with Crippen LogP contribution in [0.5, 0.6) is 0 Å². The Labute approximate surface area is 159 Å². The minimum absolute atomic E-state index is 0.00257. The molecule has 0 radical (unpaired) electrons. The van der Waals surface area contributed by atoms with Crippen LogP contribution in [0.3, 0.4) is 0 Å². The molecular formula is C20H24N2O4S. The molecule has 7 heteroatoms. The van der Waals surface area contributed by atoms with Crippen molar-refractivity contribution in [1.82, 2.24) is 5.32 Å². The van der Waals surface area contributed by atoms with Crippen molar-refractivity contribution in [1.29, 1.82) is 0 Å². The molecule has 2 rings (SSSR count). The molecule has 0 bridgehead atoms. The van der Waals surface area contributed by atoms with Crippen LogP contribution in [0.25, 0.3) is 0 Å². The van der Waals surface area contributed by atoms with Crippen LogP contribution < -0.4 is 10.6 Å². The topological polar surface area (TPSA) is 92.3 Å². The van der Waals surface area contributed by atoms with Gasteiger partial charge in [-0.25, -0.2) is 8.42 Å². The highest BCUT2D eigenvalue weighted by molar-refractivity contribution is 7.91. The summed E-state index contributed by atoms with van der Waals surface area (Å²) in [5.74, 6) is -0.366. The Bertz CT molecular complexity index is 919. The van der Waals surface area contributed by atoms with Crippen molar-refractivity contribution >= 4 is 27.3 Å². The largest absolute Gasteiger partial charge is 0.352 e. The molecule has 144 valence electrons. The predicted octanol–water partition coefficient (Wildman–Crippen LogP) is 3.12. The van der Waals surface area contributed by atoms with Gasteiger partial charge in [0, 0.05) is 12.1 Å². The summed E-state index contributed by atoms with van der Waals surface area (Å²) in [5, 5.41) is 5.54. The molecule has 0 aliphatic carbocycles. The lowest BCUT2D eigenvalue weighted by Crippen LogP contribution is -2.28. The molecule has 2 N–H and O–H groups in total. The lowest BCUT2D eigenvalue weighted by molar-refractivity contribution is 0.0950. The molecule has 6 nitrogen and oxygen atoms in total. The maximum absolute atomic E-state index is 12.5. The first-order valence-electron chi connectivity index (χ1n) is 8.76. The molecule has 0 aliphatic rings. The van der Waals surface area contributed by atoms with Crippen LogP contribution in [0.15, 0.2) is 53.4 Å². The molecule has 0 aromatic heterocycles. The van der Waals surface area contributed by atoms with Crippen LogP contribution in [-0.2, 0) is 9.84 Å². The summed E-state index contributed by atoms with van der Waals surface area (Å²) in [4.78, 5) is 25.0. The van der Waals surface area contributed by atoms with Crippen molar-refractivity contribution in [2.45, 2.75) is 25.7 Å². The third-order valence-corrected chi connectivity index (χ3v) is 5.70. The second-order valence-electron chi connectivity index (χ2n) is 6.53. The van der Waals surface area contributed by atoms with Crippen LogP contribution in [0.4, 0.5) is 5.69 Å². The number of para-hydroxylation sites is 1. The second kappa shape index (κ2) is 8.81. The molecule has 0 saturated carbocycles. The van der Waals surface area contributed by atoms with Gasteiger partial charge in [-0.2, -0.15) is 0 Å². The van der Waals surface area contributed by atoms with E-state index in [1.807, 2.05) is 13.8 Å². The molecule has 0 atom stereocenters. The highest BCUT2D eigenvalue weighted by Crippen LogP contribution is 2.18. The van der Waals surface area contributed by atoms with E-state index in [2.05, 4.69) is 10.6 Å². The number of carbonyl (C=O) groups is 2. The van der Waals surface area contributed by atoms with E-state index in [0.29, 0.717) is 29.3 Å². The molecule has 0 spiro atoms. The quantitative estimate of drug-likeness (QED) is 0.762. The third kappa shape index (κ3) is 5.40. The van der Waals surface area contributed by atoms with E-state index in [0.717, 1.165) is 0 Å². The Morgan fingerprint density at radius 3 is 2.19 bits per heavy atom. The van der Waals surface area contributed by atoms with E-state index >= 15 is 0 Å². The van der Waals surface area contributed by atoms with Gasteiger partial charge in [0.25, 0.3) is 11.8 Å². The number of sulfone groups is 1. The second-order valence-corrected chi connectivity index (χ2v) is 8.81. The highest BCUT2D eigenvalue weighted by atomic mass is 32.2. The number of amides is 2. The summed E-state index contributed by atoms with van der Waals surface area (Å²) in [6, 6.07) is 12.5. The number of nitrogens with one attached hydrogen (secondary N) is 2. The number of carbonyl (C=O) groups excluding carboxylic acids is 2. The minimum atomic E-state index is -3.32. The average molecular weight is 388 g/mol. The average Bonchev–Trinajstić information content (AvgIpc) is 2.66. The van der Waals surface area contributed by atoms with E-state index in [-0.39, 0.29) is 16.6 Å². The summed E-state index contributed by atoms with van der Waals surface area (Å²) < 4.78 is 23.7. The molecule has 0 unspecified atom stereocenters. The Kier molecular flexibility index (Phi) is 6.74. The number of anilines is 1. The molecule has 0 fully saturated rings. The predicted molar refractivity (Wildman–Crippen MR) is 106 cm³/mol. The van der Waals surface area contributed by atoms with E-state index in [1.165, 1.54) is 24.3 Å². The van der Waals surface area contributed by atoms with Gasteiger partial charge in [0.1, 0.15) is 0 Å². The Balaban J connectivity index is 2.18. The zero-order valence-corrected chi connectivity index (χ0v) is 16.5. The molecule has 0 saturated heterocycles. The fraction of sp³-hybridized carbons (Fsp3) is 0.300. The van der Waals surface area contributed by atoms with E-state index in [1.54, 1.807) is 31.2 Å². The van der Waals surface area contributed by atoms with Crippen molar-refractivity contribution in [3.63, 3.8) is 0 Å². The van der Waals surface area contributed by atoms with Crippen molar-refractivity contribution in [3.8, 4) is 0 Å². The van der Waals surface area contributed by atoms with Gasteiger partial charge in [-0.15, -0.1) is 0 Å². The smallest absolute Gasteiger partial charge is 0.255 e. The van der Waals surface area contributed by atoms with E-state index < -0.39 is 15.7 Å². The van der Waals surface area contributed by atoms with E-state index in [4.69, 9.17) is 0 Å². The van der Waals surface area contributed by atoms with Crippen molar-refractivity contribution in [2.75, 3.05) is 17.6 Å². The molecule has 2 aromatic rings. The summed E-state index contributed by atoms with van der Waals surface area (Å²) in [7, 11) is -3.32. The van der Waals surface area contributed by atoms with Gasteiger partial charge < -0.3 is 10.6 Å². The van der Waals surface area contributed by atoms with Crippen molar-refractivity contribution in [2.24, 2.45) is 5.92 Å². The van der Waals surface area contributed by atoms with Gasteiger partial charge in [-0.3, -0.25) is 9.59 Å². The Morgan fingerprint density at radius 2 is 1.59 bits per heavy atom. The lowest BCUT2D eigenvalue weighted by Gasteiger charge is -2.12. The first kappa shape index (κ1) is 20.6. The standard InChI is InChI=1S/C20H24N2O4S/c1-4-27(25,26)16-11-9-15(10-12-16)19(23)22-18-8-6-5-7-17(18)20(24)21-13-14(2)3/h5-12,14H,4,13H2,1-3H3,(H,21,24)(H,22,23). The normalized spacial score (nSPS) is 11.3. The molecule has 0 heterocycles. The van der Waals surface area contributed by atoms with Crippen molar-refractivity contribution < 1.29 is 18.0 Å². The molecule has 27 heavy (non-hydrogen) atoms. The number of benzene rings is 2. The van der Waals surface area contributed by atoms with Gasteiger partial charge in [0.05, 0.1) is 21.9 Å². The summed E-state index contributed by atoms with van der Waals surface area (Å²) in [6.45, 7) is 6.10. The summed E-state index contributed by atoms with van der Waals surface area (Å²) in [6.07, 6.45) is 0. The summed E-state index contributed by atoms with van der Waals surface area (Å²) in [5.41, 5.74) is 1.08. The van der Waals surface area contributed by atoms with Crippen LogP contribution in [0, 0.1) is 5.92 Å². The first-order valence-corrected chi connectivity index (χ1v) is 10.4. The zero-order valence-electron chi connectivity index (χ0n) is 15.7. The van der Waals surface area contributed by atoms with Crippen LogP contribution in [0.2, 0.25) is 0 Å². The van der Waals surface area contributed by atoms with Crippen LogP contribution in [0.1, 0.15) is 41.5 Å². The zero-order chi connectivity index (χ0) is 20.0. The number of hydrogen-bond acceptors (Lipinski definition) is 4. The van der Waals surface area contributed by atoms with Gasteiger partial charge >= 0.3 is 0 Å². The van der Waals surface area contributed by atoms with Crippen LogP contribution >= 0.6 is 0 Å². The minimum Gasteiger partial charge on any atom is -0.352 e. The van der Waals surface area contributed by atoms with Gasteiger partial charge in [-0.1, -0.05) is 32.9 Å². The van der Waals surface area contributed by atoms with Gasteiger partial charge in [-0.05, 0) is 42.3 Å². The third-order valence-electron chi connectivity index (χ3n) is 3.95. The summed E-state index contributed by atoms with van der Waals surface area (Å²) >= 11 is 0. The Morgan fingerprint density at radius 1 is 0.963 bits per heavy atom. The SMILES string of the molecule is CCS(=O)(=O)c1ccc(C(=O)Nc2ccccc2C(=O)NCC(C)C)cc1. The van der Waals surface area contributed by atoms with E-state index in [9.17, 15) is 18.0 Å². The fourth-order valence-corrected chi connectivity index (χ4v) is 3.24. The monoisotopic (exact) mass is 388 g/mol. The van der Waals surface area contributed by atoms with Crippen molar-refractivity contribution in [3.05, 3.63) is 59.7 Å². The molecule has 0 aliphatic heterocycles. The number of hydrogen-bond donors (Lipinski definition) is 2. The Hall–Kier alpha value is -2.67.